The van der Waals surface area contributed by atoms with Crippen molar-refractivity contribution in [1.82, 2.24) is 10.3 Å². The number of hydrogen-bond donors (Lipinski definition) is 1. The smallest absolute Gasteiger partial charge is 0.0572 e. The third-order valence-corrected chi connectivity index (χ3v) is 2.98. The molecule has 0 amide bonds. The van der Waals surface area contributed by atoms with Crippen molar-refractivity contribution < 1.29 is 0 Å². The molecule has 1 aromatic rings. The van der Waals surface area contributed by atoms with Gasteiger partial charge in [0.2, 0.25) is 0 Å². The maximum atomic E-state index is 4.54. The van der Waals surface area contributed by atoms with E-state index in [9.17, 15) is 0 Å². The van der Waals surface area contributed by atoms with E-state index in [2.05, 4.69) is 54.3 Å². The topological polar surface area (TPSA) is 28.2 Å². The lowest BCUT2D eigenvalue weighted by molar-refractivity contribution is 0.558. The van der Waals surface area contributed by atoms with E-state index in [0.29, 0.717) is 6.04 Å². The van der Waals surface area contributed by atoms with Gasteiger partial charge >= 0.3 is 0 Å². The van der Waals surface area contributed by atoms with Crippen LogP contribution in [0.5, 0.6) is 0 Å². The number of pyridine rings is 1. The van der Waals surface area contributed by atoms with Gasteiger partial charge in [-0.05, 0) is 32.0 Å². The summed E-state index contributed by atoms with van der Waals surface area (Å²) in [5, 5.41) is 3.44. The number of nitrogens with one attached hydrogen (secondary N) is 1. The van der Waals surface area contributed by atoms with Crippen molar-refractivity contribution in [2.45, 2.75) is 26.3 Å². The first-order chi connectivity index (χ1) is 9.22. The van der Waals surface area contributed by atoms with Gasteiger partial charge in [-0.2, -0.15) is 0 Å². The monoisotopic (exact) mass is 259 g/mol. The molecule has 0 radical (unpaired) electrons. The fourth-order valence-electron chi connectivity index (χ4n) is 1.90. The van der Waals surface area contributed by atoms with Gasteiger partial charge in [-0.25, -0.2) is 0 Å². The van der Waals surface area contributed by atoms with Gasteiger partial charge in [0.15, 0.2) is 0 Å². The standard InChI is InChI=1S/C16H25N3/c1-5-10-17-14(4)16-9-8-15(13-18-16)19(11-6-2)12-7-3/h6-9,13-14,17H,2-3,5,10-12H2,1,4H3. The largest absolute Gasteiger partial charge is 0.363 e. The second-order valence-corrected chi connectivity index (χ2v) is 4.60. The van der Waals surface area contributed by atoms with E-state index in [1.165, 1.54) is 0 Å². The molecule has 1 N–H and O–H groups in total. The van der Waals surface area contributed by atoms with E-state index in [1.54, 1.807) is 0 Å². The predicted octanol–water partition coefficient (Wildman–Crippen LogP) is 3.32. The van der Waals surface area contributed by atoms with Crippen molar-refractivity contribution in [3.63, 3.8) is 0 Å². The maximum Gasteiger partial charge on any atom is 0.0572 e. The zero-order valence-electron chi connectivity index (χ0n) is 12.1. The molecule has 0 spiro atoms. The van der Waals surface area contributed by atoms with Gasteiger partial charge in [0.05, 0.1) is 17.6 Å². The van der Waals surface area contributed by atoms with Crippen molar-refractivity contribution in [2.24, 2.45) is 0 Å². The molecule has 3 heteroatoms. The first kappa shape index (κ1) is 15.4. The normalized spacial score (nSPS) is 11.9. The Bertz CT molecular complexity index is 373. The lowest BCUT2D eigenvalue weighted by Gasteiger charge is -2.22. The Balaban J connectivity index is 2.73. The molecule has 1 atom stereocenters. The second-order valence-electron chi connectivity index (χ2n) is 4.60. The molecule has 104 valence electrons. The van der Waals surface area contributed by atoms with Crippen LogP contribution in [0.3, 0.4) is 0 Å². The first-order valence-corrected chi connectivity index (χ1v) is 6.89. The fraction of sp³-hybridized carbons (Fsp3) is 0.438. The molecule has 1 rings (SSSR count). The zero-order chi connectivity index (χ0) is 14.1. The summed E-state index contributed by atoms with van der Waals surface area (Å²) >= 11 is 0. The van der Waals surface area contributed by atoms with Crippen LogP contribution in [-0.2, 0) is 0 Å². The molecule has 0 aliphatic carbocycles. The van der Waals surface area contributed by atoms with E-state index in [1.807, 2.05) is 18.3 Å². The van der Waals surface area contributed by atoms with Crippen LogP contribution >= 0.6 is 0 Å². The van der Waals surface area contributed by atoms with Crippen LogP contribution in [0.4, 0.5) is 5.69 Å². The fourth-order valence-corrected chi connectivity index (χ4v) is 1.90. The number of anilines is 1. The summed E-state index contributed by atoms with van der Waals surface area (Å²) in [4.78, 5) is 6.73. The summed E-state index contributed by atoms with van der Waals surface area (Å²) in [7, 11) is 0. The lowest BCUT2D eigenvalue weighted by Crippen LogP contribution is -2.24. The van der Waals surface area contributed by atoms with Gasteiger partial charge in [-0.15, -0.1) is 13.2 Å². The lowest BCUT2D eigenvalue weighted by atomic mass is 10.2. The Kier molecular flexibility index (Phi) is 6.90. The Morgan fingerprint density at radius 2 is 2.00 bits per heavy atom. The van der Waals surface area contributed by atoms with Crippen LogP contribution in [0.1, 0.15) is 32.0 Å². The van der Waals surface area contributed by atoms with Gasteiger partial charge in [0.25, 0.3) is 0 Å². The molecule has 0 fully saturated rings. The highest BCUT2D eigenvalue weighted by atomic mass is 15.1. The van der Waals surface area contributed by atoms with Crippen LogP contribution < -0.4 is 10.2 Å². The van der Waals surface area contributed by atoms with Gasteiger partial charge in [-0.1, -0.05) is 19.1 Å². The van der Waals surface area contributed by atoms with Crippen molar-refractivity contribution in [1.29, 1.82) is 0 Å². The molecule has 0 saturated carbocycles. The molecule has 0 bridgehead atoms. The molecule has 0 saturated heterocycles. The highest BCUT2D eigenvalue weighted by Crippen LogP contribution is 2.16. The summed E-state index contributed by atoms with van der Waals surface area (Å²) in [6, 6.07) is 4.49. The van der Waals surface area contributed by atoms with E-state index >= 15 is 0 Å². The molecule has 1 heterocycles. The van der Waals surface area contributed by atoms with Crippen molar-refractivity contribution >= 4 is 5.69 Å². The Morgan fingerprint density at radius 3 is 2.47 bits per heavy atom. The van der Waals surface area contributed by atoms with Crippen LogP contribution in [-0.4, -0.2) is 24.6 Å². The number of rotatable bonds is 9. The highest BCUT2D eigenvalue weighted by molar-refractivity contribution is 5.46. The summed E-state index contributed by atoms with van der Waals surface area (Å²) < 4.78 is 0. The number of aromatic nitrogens is 1. The van der Waals surface area contributed by atoms with E-state index < -0.39 is 0 Å². The average Bonchev–Trinajstić information content (AvgIpc) is 2.44. The number of nitrogens with zero attached hydrogens (tertiary/aromatic N) is 2. The summed E-state index contributed by atoms with van der Waals surface area (Å²) in [6.07, 6.45) is 6.84. The molecule has 0 aromatic carbocycles. The highest BCUT2D eigenvalue weighted by Gasteiger charge is 2.07. The van der Waals surface area contributed by atoms with Crippen molar-refractivity contribution in [3.05, 3.63) is 49.3 Å². The van der Waals surface area contributed by atoms with Crippen LogP contribution in [0.2, 0.25) is 0 Å². The minimum Gasteiger partial charge on any atom is -0.363 e. The molecule has 1 aromatic heterocycles. The van der Waals surface area contributed by atoms with Gasteiger partial charge in [0, 0.05) is 19.1 Å². The van der Waals surface area contributed by atoms with Crippen LogP contribution in [0.25, 0.3) is 0 Å². The molecular weight excluding hydrogens is 234 g/mol. The van der Waals surface area contributed by atoms with E-state index in [0.717, 1.165) is 37.4 Å². The zero-order valence-corrected chi connectivity index (χ0v) is 12.1. The Hall–Kier alpha value is -1.61. The first-order valence-electron chi connectivity index (χ1n) is 6.89. The van der Waals surface area contributed by atoms with Crippen LogP contribution in [0.15, 0.2) is 43.6 Å². The Labute approximate surface area is 117 Å². The SMILES string of the molecule is C=CCN(CC=C)c1ccc(C(C)NCCC)nc1. The quantitative estimate of drug-likeness (QED) is 0.690. The minimum absolute atomic E-state index is 0.293. The summed E-state index contributed by atoms with van der Waals surface area (Å²) in [5.74, 6) is 0. The van der Waals surface area contributed by atoms with Crippen LogP contribution in [0, 0.1) is 0 Å². The molecule has 3 nitrogen and oxygen atoms in total. The average molecular weight is 259 g/mol. The van der Waals surface area contributed by atoms with Crippen molar-refractivity contribution in [3.8, 4) is 0 Å². The predicted molar refractivity (Wildman–Crippen MR) is 83.6 cm³/mol. The second kappa shape index (κ2) is 8.48. The molecule has 19 heavy (non-hydrogen) atoms. The molecule has 0 aliphatic heterocycles. The third kappa shape index (κ3) is 4.87. The maximum absolute atomic E-state index is 4.54. The third-order valence-electron chi connectivity index (χ3n) is 2.98. The molecule has 0 aliphatic rings. The van der Waals surface area contributed by atoms with E-state index in [-0.39, 0.29) is 0 Å². The van der Waals surface area contributed by atoms with Gasteiger partial charge < -0.3 is 10.2 Å². The summed E-state index contributed by atoms with van der Waals surface area (Å²) in [5.41, 5.74) is 2.18. The molecule has 1 unspecified atom stereocenters. The van der Waals surface area contributed by atoms with Gasteiger partial charge in [-0.3, -0.25) is 4.98 Å². The molecular formula is C16H25N3. The number of hydrogen-bond acceptors (Lipinski definition) is 3. The van der Waals surface area contributed by atoms with Crippen molar-refractivity contribution in [2.75, 3.05) is 24.5 Å². The Morgan fingerprint density at radius 1 is 1.32 bits per heavy atom. The summed E-state index contributed by atoms with van der Waals surface area (Å²) in [6.45, 7) is 14.5. The minimum atomic E-state index is 0.293. The van der Waals surface area contributed by atoms with E-state index in [4.69, 9.17) is 0 Å². The van der Waals surface area contributed by atoms with Gasteiger partial charge in [0.1, 0.15) is 0 Å².